The maximum Gasteiger partial charge on any atom is 0.407 e. The molecule has 1 saturated heterocycles. The van der Waals surface area contributed by atoms with Gasteiger partial charge in [-0.15, -0.1) is 0 Å². The summed E-state index contributed by atoms with van der Waals surface area (Å²) in [6, 6.07) is 9.77. The fourth-order valence-electron chi connectivity index (χ4n) is 4.29. The monoisotopic (exact) mass is 494 g/mol. The van der Waals surface area contributed by atoms with Crippen LogP contribution in [0.25, 0.3) is 0 Å². The summed E-state index contributed by atoms with van der Waals surface area (Å²) in [5.74, 6) is 0.107. The fraction of sp³-hybridized carbons (Fsp3) is 0.667. The van der Waals surface area contributed by atoms with Gasteiger partial charge in [-0.1, -0.05) is 57.3 Å². The van der Waals surface area contributed by atoms with E-state index in [1.807, 2.05) is 56.0 Å². The number of carbonyl (C=O) groups excluding carboxylic acids is 2. The molecule has 0 spiro atoms. The van der Waals surface area contributed by atoms with E-state index in [2.05, 4.69) is 32.3 Å². The van der Waals surface area contributed by atoms with Crippen molar-refractivity contribution in [3.05, 3.63) is 35.9 Å². The quantitative estimate of drug-likeness (QED) is 0.378. The highest BCUT2D eigenvalue weighted by Crippen LogP contribution is 2.35. The van der Waals surface area contributed by atoms with Gasteiger partial charge in [-0.2, -0.15) is 0 Å². The molecule has 1 unspecified atom stereocenters. The van der Waals surface area contributed by atoms with E-state index in [0.29, 0.717) is 25.9 Å². The van der Waals surface area contributed by atoms with Crippen molar-refractivity contribution >= 4 is 31.5 Å². The number of nitrogens with zero attached hydrogens (tertiary/aromatic N) is 1. The second-order valence-corrected chi connectivity index (χ2v) is 12.2. The summed E-state index contributed by atoms with van der Waals surface area (Å²) in [5.41, 5.74) is 0.193. The highest BCUT2D eigenvalue weighted by atomic mass is 28.2. The van der Waals surface area contributed by atoms with Gasteiger partial charge in [-0.05, 0) is 32.8 Å². The molecule has 1 aromatic rings. The third-order valence-corrected chi connectivity index (χ3v) is 7.02. The number of benzene rings is 1. The van der Waals surface area contributed by atoms with Crippen molar-refractivity contribution in [3.8, 4) is 0 Å². The minimum Gasteiger partial charge on any atom is -0.444 e. The van der Waals surface area contributed by atoms with Crippen LogP contribution in [-0.4, -0.2) is 60.9 Å². The van der Waals surface area contributed by atoms with Crippen molar-refractivity contribution in [2.75, 3.05) is 6.54 Å². The van der Waals surface area contributed by atoms with Crippen LogP contribution >= 0.6 is 0 Å². The zero-order chi connectivity index (χ0) is 24.6. The van der Waals surface area contributed by atoms with E-state index in [-0.39, 0.29) is 29.6 Å². The molecule has 0 radical (unpaired) electrons. The van der Waals surface area contributed by atoms with Gasteiger partial charge in [-0.25, -0.2) is 4.79 Å². The second kappa shape index (κ2) is 12.1. The van der Waals surface area contributed by atoms with Gasteiger partial charge < -0.3 is 23.8 Å². The number of likely N-dealkylation sites (tertiary alicyclic amines) is 1. The zero-order valence-corrected chi connectivity index (χ0v) is 24.2. The van der Waals surface area contributed by atoms with E-state index in [1.165, 1.54) is 0 Å². The molecule has 1 fully saturated rings. The van der Waals surface area contributed by atoms with Crippen molar-refractivity contribution < 1.29 is 23.2 Å². The molecule has 186 valence electrons. The fourth-order valence-corrected chi connectivity index (χ4v) is 6.18. The summed E-state index contributed by atoms with van der Waals surface area (Å²) in [6.07, 6.45) is 0.300. The minimum atomic E-state index is -0.658. The Bertz CT molecular complexity index is 764. The third-order valence-electron chi connectivity index (χ3n) is 5.75. The molecule has 2 atom stereocenters. The topological polar surface area (TPSA) is 77.1 Å². The Kier molecular flexibility index (Phi) is 10.1. The highest BCUT2D eigenvalue weighted by molar-refractivity contribution is 6.26. The standard InChI is InChI=1S/C24H42N2O5Si2/c1-23(2,3)29-22(28)25-19(14-24(4,5)21(30-32-6)31-33-7)18-13-20(27)26(16-18)15-17-11-9-8-10-12-17/h8-12,18-19,21H,13-16,32-33H2,1-7H3,(H,25,28)/t18-,19?/m0/s1. The molecule has 9 heteroatoms. The van der Waals surface area contributed by atoms with Gasteiger partial charge >= 0.3 is 6.09 Å². The lowest BCUT2D eigenvalue weighted by Crippen LogP contribution is -2.48. The van der Waals surface area contributed by atoms with E-state index < -0.39 is 31.2 Å². The molecule has 0 aromatic heterocycles. The van der Waals surface area contributed by atoms with Crippen LogP contribution < -0.4 is 5.32 Å². The Labute approximate surface area is 203 Å². The predicted molar refractivity (Wildman–Crippen MR) is 136 cm³/mol. The first-order valence-electron chi connectivity index (χ1n) is 12.0. The molecule has 1 aromatic carbocycles. The molecule has 0 aliphatic carbocycles. The van der Waals surface area contributed by atoms with Gasteiger partial charge in [0.2, 0.25) is 5.91 Å². The molecular formula is C24H42N2O5Si2. The van der Waals surface area contributed by atoms with Gasteiger partial charge in [0, 0.05) is 36.9 Å². The average Bonchev–Trinajstić information content (AvgIpc) is 3.07. The minimum absolute atomic E-state index is 0.00796. The van der Waals surface area contributed by atoms with E-state index >= 15 is 0 Å². The van der Waals surface area contributed by atoms with Crippen LogP contribution in [0, 0.1) is 11.3 Å². The summed E-state index contributed by atoms with van der Waals surface area (Å²) in [5, 5.41) is 3.09. The average molecular weight is 495 g/mol. The number of rotatable bonds is 11. The Balaban J connectivity index is 2.19. The van der Waals surface area contributed by atoms with E-state index in [4.69, 9.17) is 13.6 Å². The number of nitrogens with one attached hydrogen (secondary N) is 1. The first-order chi connectivity index (χ1) is 15.4. The molecule has 0 saturated carbocycles. The second-order valence-electron chi connectivity index (χ2n) is 10.4. The Morgan fingerprint density at radius 1 is 1.12 bits per heavy atom. The highest BCUT2D eigenvalue weighted by Gasteiger charge is 2.41. The first kappa shape index (κ1) is 27.6. The van der Waals surface area contributed by atoms with Crippen LogP contribution in [-0.2, 0) is 24.9 Å². The van der Waals surface area contributed by atoms with E-state index in [1.54, 1.807) is 0 Å². The predicted octanol–water partition coefficient (Wildman–Crippen LogP) is 2.97. The normalized spacial score (nSPS) is 19.5. The van der Waals surface area contributed by atoms with Crippen LogP contribution in [0.15, 0.2) is 30.3 Å². The summed E-state index contributed by atoms with van der Waals surface area (Å²) in [4.78, 5) is 27.5. The molecule has 2 rings (SSSR count). The van der Waals surface area contributed by atoms with Crippen LogP contribution in [0.5, 0.6) is 0 Å². The molecule has 1 heterocycles. The van der Waals surface area contributed by atoms with E-state index in [0.717, 1.165) is 5.56 Å². The molecule has 1 aliphatic rings. The Morgan fingerprint density at radius 3 is 2.27 bits per heavy atom. The number of amides is 2. The lowest BCUT2D eigenvalue weighted by Gasteiger charge is -2.39. The van der Waals surface area contributed by atoms with Crippen LogP contribution in [0.2, 0.25) is 13.1 Å². The van der Waals surface area contributed by atoms with Crippen molar-refractivity contribution in [1.82, 2.24) is 10.2 Å². The number of carbonyl (C=O) groups is 2. The van der Waals surface area contributed by atoms with Crippen molar-refractivity contribution in [2.24, 2.45) is 11.3 Å². The van der Waals surface area contributed by atoms with Crippen molar-refractivity contribution in [2.45, 2.75) is 85.0 Å². The maximum absolute atomic E-state index is 12.9. The number of hydrogen-bond acceptors (Lipinski definition) is 5. The molecule has 1 N–H and O–H groups in total. The molecule has 1 aliphatic heterocycles. The Hall–Kier alpha value is -1.69. The number of alkyl carbamates (subject to hydrolysis) is 1. The van der Waals surface area contributed by atoms with E-state index in [9.17, 15) is 9.59 Å². The molecule has 7 nitrogen and oxygen atoms in total. The maximum atomic E-state index is 12.9. The largest absolute Gasteiger partial charge is 0.444 e. The Morgan fingerprint density at radius 2 is 1.73 bits per heavy atom. The van der Waals surface area contributed by atoms with Gasteiger partial charge in [0.05, 0.1) is 0 Å². The lowest BCUT2D eigenvalue weighted by molar-refractivity contribution is -0.128. The van der Waals surface area contributed by atoms with Crippen LogP contribution in [0.3, 0.4) is 0 Å². The summed E-state index contributed by atoms with van der Waals surface area (Å²) in [7, 11) is -1.32. The van der Waals surface area contributed by atoms with Crippen LogP contribution in [0.1, 0.15) is 53.0 Å². The number of ether oxygens (including phenoxy) is 1. The SMILES string of the molecule is C[SiH2]OC(O[SiH2]C)C(C)(C)CC(NC(=O)OC(C)(C)C)[C@H]1CC(=O)N(Cc2ccccc2)C1. The van der Waals surface area contributed by atoms with Crippen molar-refractivity contribution in [1.29, 1.82) is 0 Å². The van der Waals surface area contributed by atoms with Gasteiger partial charge in [0.1, 0.15) is 11.9 Å². The lowest BCUT2D eigenvalue weighted by atomic mass is 9.80. The molecule has 33 heavy (non-hydrogen) atoms. The van der Waals surface area contributed by atoms with Crippen LogP contribution in [0.4, 0.5) is 4.79 Å². The van der Waals surface area contributed by atoms with Gasteiger partial charge in [0.15, 0.2) is 19.5 Å². The molecular weight excluding hydrogens is 452 g/mol. The first-order valence-corrected chi connectivity index (χ1v) is 16.0. The smallest absolute Gasteiger partial charge is 0.407 e. The molecule has 2 amide bonds. The zero-order valence-electron chi connectivity index (χ0n) is 21.3. The van der Waals surface area contributed by atoms with Gasteiger partial charge in [0.25, 0.3) is 0 Å². The summed E-state index contributed by atoms with van der Waals surface area (Å²) >= 11 is 0. The van der Waals surface area contributed by atoms with Crippen molar-refractivity contribution in [3.63, 3.8) is 0 Å². The third kappa shape index (κ3) is 8.88. The van der Waals surface area contributed by atoms with Gasteiger partial charge in [-0.3, -0.25) is 4.79 Å². The number of hydrogen-bond donors (Lipinski definition) is 1. The summed E-state index contributed by atoms with van der Waals surface area (Å²) in [6.45, 7) is 15.2. The summed E-state index contributed by atoms with van der Waals surface area (Å²) < 4.78 is 17.6. The molecule has 0 bridgehead atoms.